The lowest BCUT2D eigenvalue weighted by Gasteiger charge is -2.37. The Kier molecular flexibility index (Phi) is 3.42. The van der Waals surface area contributed by atoms with Crippen molar-refractivity contribution in [3.05, 3.63) is 65.2 Å². The zero-order valence-electron chi connectivity index (χ0n) is 13.3. The molecule has 0 saturated carbocycles. The summed E-state index contributed by atoms with van der Waals surface area (Å²) in [6.07, 6.45) is 2.62. The maximum absolute atomic E-state index is 5.32. The van der Waals surface area contributed by atoms with Crippen LogP contribution in [0.5, 0.6) is 5.75 Å². The maximum Gasteiger partial charge on any atom is 0.118 e. The highest BCUT2D eigenvalue weighted by molar-refractivity contribution is 5.47. The third-order valence-corrected chi connectivity index (χ3v) is 5.48. The topological polar surface area (TPSA) is 12.5 Å². The molecule has 0 aromatic heterocycles. The number of hydrogen-bond acceptors (Lipinski definition) is 2. The minimum atomic E-state index is 0.523. The van der Waals surface area contributed by atoms with E-state index in [4.69, 9.17) is 4.74 Å². The van der Waals surface area contributed by atoms with Crippen LogP contribution in [0.15, 0.2) is 48.5 Å². The second-order valence-corrected chi connectivity index (χ2v) is 6.61. The highest BCUT2D eigenvalue weighted by atomic mass is 16.5. The first-order chi connectivity index (χ1) is 10.8. The second kappa shape index (κ2) is 5.44. The minimum Gasteiger partial charge on any atom is -0.497 e. The number of fused-ring (bicyclic) bond motifs is 3. The van der Waals surface area contributed by atoms with Gasteiger partial charge in [0.25, 0.3) is 0 Å². The molecule has 2 heteroatoms. The maximum atomic E-state index is 5.32. The number of likely N-dealkylation sites (tertiary alicyclic amines) is 1. The van der Waals surface area contributed by atoms with Crippen LogP contribution in [0.1, 0.15) is 41.5 Å². The molecule has 0 spiro atoms. The molecule has 2 aromatic carbocycles. The van der Waals surface area contributed by atoms with Crippen LogP contribution in [0.2, 0.25) is 0 Å². The fraction of sp³-hybridized carbons (Fsp3) is 0.400. The summed E-state index contributed by atoms with van der Waals surface area (Å²) in [4.78, 5) is 2.55. The van der Waals surface area contributed by atoms with E-state index >= 15 is 0 Å². The Morgan fingerprint density at radius 1 is 1.00 bits per heavy atom. The van der Waals surface area contributed by atoms with Crippen molar-refractivity contribution in [1.29, 1.82) is 0 Å². The highest BCUT2D eigenvalue weighted by Gasteiger charge is 2.44. The Labute approximate surface area is 132 Å². The smallest absolute Gasteiger partial charge is 0.118 e. The van der Waals surface area contributed by atoms with Crippen LogP contribution in [0, 0.1) is 5.92 Å². The molecule has 1 heterocycles. The lowest BCUT2D eigenvalue weighted by atomic mass is 9.80. The van der Waals surface area contributed by atoms with Crippen molar-refractivity contribution in [2.75, 3.05) is 20.7 Å². The van der Waals surface area contributed by atoms with E-state index in [2.05, 4.69) is 60.5 Å². The van der Waals surface area contributed by atoms with Gasteiger partial charge < -0.3 is 4.74 Å². The molecule has 2 nitrogen and oxygen atoms in total. The molecule has 4 rings (SSSR count). The summed E-state index contributed by atoms with van der Waals surface area (Å²) in [6.45, 7) is 1.21. The molecule has 0 N–H and O–H groups in total. The first-order valence-corrected chi connectivity index (χ1v) is 8.22. The normalized spacial score (nSPS) is 27.3. The van der Waals surface area contributed by atoms with Crippen molar-refractivity contribution in [1.82, 2.24) is 4.90 Å². The summed E-state index contributed by atoms with van der Waals surface area (Å²) in [5, 5.41) is 0. The molecule has 3 atom stereocenters. The Balaban J connectivity index is 1.80. The molecule has 3 unspecified atom stereocenters. The van der Waals surface area contributed by atoms with E-state index < -0.39 is 0 Å². The van der Waals surface area contributed by atoms with Gasteiger partial charge in [0.15, 0.2) is 0 Å². The van der Waals surface area contributed by atoms with Crippen molar-refractivity contribution in [2.45, 2.75) is 24.8 Å². The Hall–Kier alpha value is -1.80. The quantitative estimate of drug-likeness (QED) is 0.822. The van der Waals surface area contributed by atoms with E-state index in [0.717, 1.165) is 5.75 Å². The molecule has 1 saturated heterocycles. The fourth-order valence-corrected chi connectivity index (χ4v) is 4.55. The van der Waals surface area contributed by atoms with Gasteiger partial charge in [-0.15, -0.1) is 0 Å². The fourth-order valence-electron chi connectivity index (χ4n) is 4.55. The number of methoxy groups -OCH3 is 1. The molecule has 2 aromatic rings. The molecule has 1 aliphatic carbocycles. The first-order valence-electron chi connectivity index (χ1n) is 8.22. The van der Waals surface area contributed by atoms with Gasteiger partial charge >= 0.3 is 0 Å². The summed E-state index contributed by atoms with van der Waals surface area (Å²) >= 11 is 0. The van der Waals surface area contributed by atoms with Crippen molar-refractivity contribution in [2.24, 2.45) is 5.92 Å². The molecule has 2 aliphatic rings. The van der Waals surface area contributed by atoms with Crippen LogP contribution in [-0.4, -0.2) is 25.6 Å². The zero-order valence-corrected chi connectivity index (χ0v) is 13.3. The van der Waals surface area contributed by atoms with Crippen LogP contribution >= 0.6 is 0 Å². The summed E-state index contributed by atoms with van der Waals surface area (Å²) in [7, 11) is 4.01. The molecule has 0 bridgehead atoms. The Bertz CT molecular complexity index is 664. The second-order valence-electron chi connectivity index (χ2n) is 6.61. The van der Waals surface area contributed by atoms with Crippen molar-refractivity contribution >= 4 is 0 Å². The van der Waals surface area contributed by atoms with Crippen molar-refractivity contribution in [3.63, 3.8) is 0 Å². The van der Waals surface area contributed by atoms with Gasteiger partial charge in [0, 0.05) is 12.0 Å². The first kappa shape index (κ1) is 13.8. The Morgan fingerprint density at radius 2 is 1.73 bits per heavy atom. The predicted molar refractivity (Wildman–Crippen MR) is 89.4 cm³/mol. The van der Waals surface area contributed by atoms with Gasteiger partial charge in [0.2, 0.25) is 0 Å². The molecule has 1 aliphatic heterocycles. The van der Waals surface area contributed by atoms with Crippen molar-refractivity contribution < 1.29 is 4.74 Å². The summed E-state index contributed by atoms with van der Waals surface area (Å²) in [5.41, 5.74) is 4.49. The van der Waals surface area contributed by atoms with E-state index in [-0.39, 0.29) is 0 Å². The van der Waals surface area contributed by atoms with Gasteiger partial charge in [-0.25, -0.2) is 0 Å². The van der Waals surface area contributed by atoms with Crippen LogP contribution in [-0.2, 0) is 0 Å². The number of ether oxygens (including phenoxy) is 1. The lowest BCUT2D eigenvalue weighted by Crippen LogP contribution is -2.34. The molecular formula is C20H23NO. The van der Waals surface area contributed by atoms with E-state index in [1.165, 1.54) is 36.1 Å². The number of piperidine rings is 1. The van der Waals surface area contributed by atoms with Gasteiger partial charge in [-0.3, -0.25) is 4.90 Å². The van der Waals surface area contributed by atoms with E-state index in [1.807, 2.05) is 0 Å². The molecule has 0 amide bonds. The minimum absolute atomic E-state index is 0.523. The van der Waals surface area contributed by atoms with Crippen LogP contribution < -0.4 is 4.74 Å². The third kappa shape index (κ3) is 2.05. The number of hydrogen-bond donors (Lipinski definition) is 0. The summed E-state index contributed by atoms with van der Waals surface area (Å²) < 4.78 is 5.32. The average Bonchev–Trinajstić information content (AvgIpc) is 2.90. The number of nitrogens with zero attached hydrogens (tertiary/aromatic N) is 1. The van der Waals surface area contributed by atoms with E-state index in [0.29, 0.717) is 17.9 Å². The molecule has 1 fully saturated rings. The van der Waals surface area contributed by atoms with Crippen LogP contribution in [0.3, 0.4) is 0 Å². The summed E-state index contributed by atoms with van der Waals surface area (Å²) in [6, 6.07) is 18.3. The molecule has 22 heavy (non-hydrogen) atoms. The van der Waals surface area contributed by atoms with Gasteiger partial charge in [-0.2, -0.15) is 0 Å². The zero-order chi connectivity index (χ0) is 15.1. The molecule has 0 radical (unpaired) electrons. The van der Waals surface area contributed by atoms with Gasteiger partial charge in [0.05, 0.1) is 7.11 Å². The monoisotopic (exact) mass is 293 g/mol. The highest BCUT2D eigenvalue weighted by Crippen LogP contribution is 2.54. The third-order valence-electron chi connectivity index (χ3n) is 5.48. The van der Waals surface area contributed by atoms with E-state index in [1.54, 1.807) is 7.11 Å². The largest absolute Gasteiger partial charge is 0.497 e. The Morgan fingerprint density at radius 3 is 2.45 bits per heavy atom. The van der Waals surface area contributed by atoms with Gasteiger partial charge in [-0.1, -0.05) is 36.4 Å². The molecule has 114 valence electrons. The standard InChI is InChI=1S/C20H23NO/c1-21-13-5-8-18-19(14-9-11-15(22-2)12-10-14)16-6-3-4-7-17(16)20(18)21/h3-4,6-7,9-12,18-20H,5,8,13H2,1-2H3. The van der Waals surface area contributed by atoms with Gasteiger partial charge in [0.1, 0.15) is 5.75 Å². The van der Waals surface area contributed by atoms with E-state index in [9.17, 15) is 0 Å². The van der Waals surface area contributed by atoms with Gasteiger partial charge in [-0.05, 0) is 61.2 Å². The lowest BCUT2D eigenvalue weighted by molar-refractivity contribution is 0.127. The number of rotatable bonds is 2. The van der Waals surface area contributed by atoms with Crippen LogP contribution in [0.4, 0.5) is 0 Å². The predicted octanol–water partition coefficient (Wildman–Crippen LogP) is 4.22. The average molecular weight is 293 g/mol. The summed E-state index contributed by atoms with van der Waals surface area (Å²) in [5.74, 6) is 2.16. The molecular weight excluding hydrogens is 270 g/mol. The van der Waals surface area contributed by atoms with Crippen molar-refractivity contribution in [3.8, 4) is 5.75 Å². The number of benzene rings is 2. The van der Waals surface area contributed by atoms with Crippen LogP contribution in [0.25, 0.3) is 0 Å². The SMILES string of the molecule is COc1ccc(C2c3ccccc3C3C2CCCN3C)cc1.